The lowest BCUT2D eigenvalue weighted by Crippen LogP contribution is -1.89. The lowest BCUT2D eigenvalue weighted by molar-refractivity contribution is 0.101. The Bertz CT molecular complexity index is 898. The molecule has 0 spiro atoms. The van der Waals surface area contributed by atoms with Crippen LogP contribution in [0, 0.1) is 12.7 Å². The van der Waals surface area contributed by atoms with Gasteiger partial charge in [0, 0.05) is 11.8 Å². The third kappa shape index (κ3) is 2.63. The summed E-state index contributed by atoms with van der Waals surface area (Å²) in [5, 5.41) is 8.28. The van der Waals surface area contributed by atoms with Crippen molar-refractivity contribution in [2.45, 2.75) is 13.8 Å². The molecule has 0 aliphatic heterocycles. The Morgan fingerprint density at radius 1 is 1.23 bits per heavy atom. The molecule has 0 saturated heterocycles. The standard InChI is InChI=1S/C16H13FN4O/c1-10-16(21-9-13(17)6-7-15(21)18-10)20-19-14-5-3-4-12(8-14)11(2)22/h3-9H,1-2H3. The van der Waals surface area contributed by atoms with Gasteiger partial charge in [0.25, 0.3) is 0 Å². The van der Waals surface area contributed by atoms with Crippen LogP contribution in [0.25, 0.3) is 5.65 Å². The van der Waals surface area contributed by atoms with E-state index in [-0.39, 0.29) is 11.6 Å². The molecule has 3 aromatic rings. The number of Topliss-reactive ketones (excluding diaryl/α,β-unsaturated/α-hetero) is 1. The minimum Gasteiger partial charge on any atom is -0.295 e. The molecule has 0 atom stereocenters. The maximum absolute atomic E-state index is 13.4. The zero-order chi connectivity index (χ0) is 15.7. The maximum atomic E-state index is 13.4. The van der Waals surface area contributed by atoms with Crippen molar-refractivity contribution in [1.82, 2.24) is 9.38 Å². The molecule has 0 unspecified atom stereocenters. The molecule has 110 valence electrons. The molecular weight excluding hydrogens is 283 g/mol. The first kappa shape index (κ1) is 14.1. The van der Waals surface area contributed by atoms with Gasteiger partial charge in [0.2, 0.25) is 0 Å². The van der Waals surface area contributed by atoms with Gasteiger partial charge in [-0.2, -0.15) is 0 Å². The Morgan fingerprint density at radius 2 is 2.05 bits per heavy atom. The Hall–Kier alpha value is -2.89. The number of imidazole rings is 1. The maximum Gasteiger partial charge on any atom is 0.182 e. The number of azo groups is 1. The Balaban J connectivity index is 2.02. The largest absolute Gasteiger partial charge is 0.295 e. The van der Waals surface area contributed by atoms with Gasteiger partial charge in [-0.1, -0.05) is 12.1 Å². The van der Waals surface area contributed by atoms with Crippen LogP contribution in [-0.2, 0) is 0 Å². The highest BCUT2D eigenvalue weighted by Gasteiger charge is 2.08. The van der Waals surface area contributed by atoms with Crippen molar-refractivity contribution in [3.8, 4) is 0 Å². The van der Waals surface area contributed by atoms with Gasteiger partial charge in [0.05, 0.1) is 11.4 Å². The second-order valence-electron chi connectivity index (χ2n) is 4.90. The highest BCUT2D eigenvalue weighted by Crippen LogP contribution is 2.24. The fourth-order valence-corrected chi connectivity index (χ4v) is 2.14. The van der Waals surface area contributed by atoms with Crippen molar-refractivity contribution in [3.05, 3.63) is 59.7 Å². The summed E-state index contributed by atoms with van der Waals surface area (Å²) >= 11 is 0. The van der Waals surface area contributed by atoms with Crippen molar-refractivity contribution in [2.75, 3.05) is 0 Å². The predicted molar refractivity (Wildman–Crippen MR) is 80.5 cm³/mol. The predicted octanol–water partition coefficient (Wildman–Crippen LogP) is 4.40. The van der Waals surface area contributed by atoms with Crippen LogP contribution in [0.1, 0.15) is 23.0 Å². The number of ketones is 1. The van der Waals surface area contributed by atoms with Crippen LogP contribution >= 0.6 is 0 Å². The molecule has 6 heteroatoms. The van der Waals surface area contributed by atoms with Gasteiger partial charge in [-0.3, -0.25) is 9.20 Å². The highest BCUT2D eigenvalue weighted by molar-refractivity contribution is 5.94. The van der Waals surface area contributed by atoms with Crippen molar-refractivity contribution >= 4 is 22.9 Å². The molecular formula is C16H13FN4O. The number of carbonyl (C=O) groups excluding carboxylic acids is 1. The molecule has 1 aromatic carbocycles. The number of hydrogen-bond donors (Lipinski definition) is 0. The van der Waals surface area contributed by atoms with Crippen molar-refractivity contribution in [2.24, 2.45) is 10.2 Å². The summed E-state index contributed by atoms with van der Waals surface area (Å²) in [4.78, 5) is 15.7. The summed E-state index contributed by atoms with van der Waals surface area (Å²) in [5.74, 6) is 0.0489. The fraction of sp³-hybridized carbons (Fsp3) is 0.125. The Kier molecular flexibility index (Phi) is 3.50. The van der Waals surface area contributed by atoms with Crippen molar-refractivity contribution < 1.29 is 9.18 Å². The monoisotopic (exact) mass is 296 g/mol. The summed E-state index contributed by atoms with van der Waals surface area (Å²) < 4.78 is 14.9. The van der Waals surface area contributed by atoms with Gasteiger partial charge >= 0.3 is 0 Å². The molecule has 0 fully saturated rings. The number of nitrogens with zero attached hydrogens (tertiary/aromatic N) is 4. The zero-order valence-electron chi connectivity index (χ0n) is 12.1. The molecule has 2 aromatic heterocycles. The number of benzene rings is 1. The molecule has 0 bridgehead atoms. The first-order valence-corrected chi connectivity index (χ1v) is 6.71. The van der Waals surface area contributed by atoms with E-state index < -0.39 is 0 Å². The molecule has 0 aliphatic carbocycles. The third-order valence-corrected chi connectivity index (χ3v) is 3.24. The number of aromatic nitrogens is 2. The van der Waals surface area contributed by atoms with Crippen LogP contribution in [0.3, 0.4) is 0 Å². The average molecular weight is 296 g/mol. The van der Waals surface area contributed by atoms with Gasteiger partial charge in [-0.15, -0.1) is 10.2 Å². The van der Waals surface area contributed by atoms with Gasteiger partial charge in [0.15, 0.2) is 11.6 Å². The van der Waals surface area contributed by atoms with Crippen LogP contribution < -0.4 is 0 Å². The quantitative estimate of drug-likeness (QED) is 0.531. The van der Waals surface area contributed by atoms with Crippen LogP contribution in [0.4, 0.5) is 15.9 Å². The number of aryl methyl sites for hydroxylation is 1. The smallest absolute Gasteiger partial charge is 0.182 e. The minimum atomic E-state index is -0.375. The van der Waals surface area contributed by atoms with E-state index in [0.717, 1.165) is 0 Å². The van der Waals surface area contributed by atoms with Gasteiger partial charge in [-0.05, 0) is 38.1 Å². The summed E-state index contributed by atoms with van der Waals surface area (Å²) in [6.45, 7) is 3.28. The van der Waals surface area contributed by atoms with Crippen LogP contribution in [0.2, 0.25) is 0 Å². The second kappa shape index (κ2) is 5.48. The molecule has 0 radical (unpaired) electrons. The second-order valence-corrected chi connectivity index (χ2v) is 4.90. The van der Waals surface area contributed by atoms with Gasteiger partial charge in [-0.25, -0.2) is 9.37 Å². The van der Waals surface area contributed by atoms with Crippen LogP contribution in [-0.4, -0.2) is 15.2 Å². The minimum absolute atomic E-state index is 0.0369. The summed E-state index contributed by atoms with van der Waals surface area (Å²) in [6.07, 6.45) is 1.32. The molecule has 3 rings (SSSR count). The number of rotatable bonds is 3. The summed E-state index contributed by atoms with van der Waals surface area (Å²) in [6, 6.07) is 9.79. The van der Waals surface area contributed by atoms with E-state index in [2.05, 4.69) is 15.2 Å². The lowest BCUT2D eigenvalue weighted by atomic mass is 10.1. The number of hydrogen-bond acceptors (Lipinski definition) is 4. The molecule has 0 amide bonds. The molecule has 0 saturated carbocycles. The number of halogens is 1. The molecule has 2 heterocycles. The summed E-state index contributed by atoms with van der Waals surface area (Å²) in [5.41, 5.74) is 2.37. The average Bonchev–Trinajstić information content (AvgIpc) is 2.80. The fourth-order valence-electron chi connectivity index (χ4n) is 2.14. The number of fused-ring (bicyclic) bond motifs is 1. The van der Waals surface area contributed by atoms with E-state index >= 15 is 0 Å². The SMILES string of the molecule is CC(=O)c1cccc(N=Nc2c(C)nc3ccc(F)cn23)c1. The van der Waals surface area contributed by atoms with E-state index in [4.69, 9.17) is 0 Å². The van der Waals surface area contributed by atoms with E-state index in [1.807, 2.05) is 0 Å². The zero-order valence-corrected chi connectivity index (χ0v) is 12.1. The third-order valence-electron chi connectivity index (χ3n) is 3.24. The first-order chi connectivity index (χ1) is 10.5. The Morgan fingerprint density at radius 3 is 2.82 bits per heavy atom. The van der Waals surface area contributed by atoms with Crippen LogP contribution in [0.15, 0.2) is 52.8 Å². The topological polar surface area (TPSA) is 59.1 Å². The van der Waals surface area contributed by atoms with E-state index in [9.17, 15) is 9.18 Å². The highest BCUT2D eigenvalue weighted by atomic mass is 19.1. The van der Waals surface area contributed by atoms with E-state index in [0.29, 0.717) is 28.4 Å². The Labute approximate surface area is 126 Å². The van der Waals surface area contributed by atoms with E-state index in [1.165, 1.54) is 19.2 Å². The molecule has 0 aliphatic rings. The first-order valence-electron chi connectivity index (χ1n) is 6.71. The van der Waals surface area contributed by atoms with Crippen molar-refractivity contribution in [1.29, 1.82) is 0 Å². The molecule has 22 heavy (non-hydrogen) atoms. The number of pyridine rings is 1. The van der Waals surface area contributed by atoms with Crippen LogP contribution in [0.5, 0.6) is 0 Å². The van der Waals surface area contributed by atoms with Gasteiger partial charge < -0.3 is 0 Å². The normalized spacial score (nSPS) is 11.4. The lowest BCUT2D eigenvalue weighted by Gasteiger charge is -1.98. The van der Waals surface area contributed by atoms with E-state index in [1.54, 1.807) is 41.7 Å². The van der Waals surface area contributed by atoms with Crippen molar-refractivity contribution in [3.63, 3.8) is 0 Å². The molecule has 5 nitrogen and oxygen atoms in total. The summed E-state index contributed by atoms with van der Waals surface area (Å²) in [7, 11) is 0. The molecule has 0 N–H and O–H groups in total. The van der Waals surface area contributed by atoms with Gasteiger partial charge in [0.1, 0.15) is 11.5 Å². The number of carbonyl (C=O) groups is 1.